The van der Waals surface area contributed by atoms with Crippen molar-refractivity contribution in [3.05, 3.63) is 23.9 Å². The fourth-order valence-corrected chi connectivity index (χ4v) is 4.60. The van der Waals surface area contributed by atoms with Gasteiger partial charge in [0, 0.05) is 481 Å². The average Bonchev–Trinajstić information content (AvgIpc) is 1.64. The van der Waals surface area contributed by atoms with Gasteiger partial charge in [-0.2, -0.15) is 10.1 Å². The van der Waals surface area contributed by atoms with Gasteiger partial charge >= 0.3 is 6.01 Å². The number of carbonyl (C=O) groups excluding carboxylic acids is 1. The third-order valence-electron chi connectivity index (χ3n) is 8.52. The molecule has 0 aliphatic rings. The summed E-state index contributed by atoms with van der Waals surface area (Å²) in [6.07, 6.45) is 2.27. The average molecular weight is 1460 g/mol. The monoisotopic (exact) mass is 1460 g/mol. The van der Waals surface area contributed by atoms with E-state index in [1.165, 1.54) is 25.0 Å². The second-order valence-electron chi connectivity index (χ2n) is 15.9. The van der Waals surface area contributed by atoms with E-state index in [-0.39, 0.29) is 23.0 Å². The first-order chi connectivity index (χ1) is 58.5. The summed E-state index contributed by atoms with van der Waals surface area (Å²) in [7, 11) is 2.88. The number of ether oxygens (including phenoxy) is 1. The van der Waals surface area contributed by atoms with Crippen LogP contribution in [0.5, 0.6) is 6.01 Å². The molecule has 0 aliphatic heterocycles. The van der Waals surface area contributed by atoms with Crippen molar-refractivity contribution in [3.8, 4) is 597 Å². The number of rotatable bonds is 3. The molecule has 2 N–H and O–H groups in total. The van der Waals surface area contributed by atoms with E-state index in [4.69, 9.17) is 10.5 Å². The Kier molecular flexibility index (Phi) is 60.1. The van der Waals surface area contributed by atoms with Gasteiger partial charge in [-0.15, -0.1) is 0 Å². The van der Waals surface area contributed by atoms with Crippen LogP contribution < -0.4 is 10.5 Å². The number of hydrogen-bond donors (Lipinski definition) is 1. The normalized spacial score (nSPS) is 4.96. The minimum Gasteiger partial charge on any atom is -0.467 e. The Morgan fingerprint density at radius 2 is 0.398 bits per heavy atom. The largest absolute Gasteiger partial charge is 0.467 e. The number of nitrogens with zero attached hydrogens (tertiary/aromatic N) is 4. The van der Waals surface area contributed by atoms with Gasteiger partial charge in [-0.05, 0) is 109 Å². The molecule has 0 atom stereocenters. The number of amides is 1. The lowest BCUT2D eigenvalue weighted by atomic mass is 10.1. The maximum absolute atomic E-state index is 13.7. The lowest BCUT2D eigenvalue weighted by molar-refractivity contribution is 0.0992. The summed E-state index contributed by atoms with van der Waals surface area (Å²) in [6, 6.07) is -0.00864. The van der Waals surface area contributed by atoms with Crippen molar-refractivity contribution < 1.29 is 13.9 Å². The van der Waals surface area contributed by atoms with Gasteiger partial charge in [-0.25, -0.2) is 9.37 Å². The zero-order valence-corrected chi connectivity index (χ0v) is 60.7. The Labute approximate surface area is 690 Å². The molecule has 2 aromatic heterocycles. The number of nitrogens with two attached hydrogens (primary N) is 1. The summed E-state index contributed by atoms with van der Waals surface area (Å²) in [6.45, 7) is 3.37. The van der Waals surface area contributed by atoms with Crippen molar-refractivity contribution in [2.45, 2.75) is 13.8 Å². The molecule has 0 spiro atoms. The Morgan fingerprint density at radius 1 is 0.263 bits per heavy atom. The van der Waals surface area contributed by atoms with Crippen LogP contribution in [0.1, 0.15) is 24.3 Å². The van der Waals surface area contributed by atoms with Gasteiger partial charge in [-0.1, -0.05) is 11.8 Å². The number of hydrogen-bond acceptors (Lipinski definition) is 5. The highest BCUT2D eigenvalue weighted by Gasteiger charge is 2.20. The zero-order chi connectivity index (χ0) is 84.6. The Hall–Kier alpha value is -24.1. The van der Waals surface area contributed by atoms with E-state index in [9.17, 15) is 9.18 Å². The van der Waals surface area contributed by atoms with Crippen molar-refractivity contribution in [1.29, 1.82) is 0 Å². The summed E-state index contributed by atoms with van der Waals surface area (Å²) in [5.41, 5.74) is 5.40. The molecule has 1 amide bonds. The van der Waals surface area contributed by atoms with Crippen molar-refractivity contribution in [2.24, 2.45) is 12.8 Å². The fraction of sp³-hybridized carbons (Fsp3) is 0.0364. The zero-order valence-electron chi connectivity index (χ0n) is 60.7. The van der Waals surface area contributed by atoms with E-state index >= 15 is 0 Å². The first-order valence-corrected chi connectivity index (χ1v) is 30.2. The molecule has 0 saturated carbocycles. The molecule has 2 aromatic rings. The number of aromatic nitrogens is 4. The van der Waals surface area contributed by atoms with Crippen LogP contribution in [0.15, 0.2) is 12.4 Å². The molecular formula is C110H16FN5O2. The van der Waals surface area contributed by atoms with Gasteiger partial charge in [0.15, 0.2) is 5.82 Å². The molecule has 118 heavy (non-hydrogen) atoms. The summed E-state index contributed by atoms with van der Waals surface area (Å²) < 4.78 is 19.7. The maximum atomic E-state index is 13.7. The number of methoxy groups -OCH3 is 1. The van der Waals surface area contributed by atoms with Gasteiger partial charge in [0.1, 0.15) is 11.4 Å². The van der Waals surface area contributed by atoms with Gasteiger partial charge in [0.05, 0.1) is 25.1 Å². The van der Waals surface area contributed by atoms with Crippen LogP contribution in [0.3, 0.4) is 0 Å². The minimum atomic E-state index is -0.720. The van der Waals surface area contributed by atoms with Crippen LogP contribution in [-0.2, 0) is 7.05 Å². The molecule has 0 fully saturated rings. The Balaban J connectivity index is 0.00000336. The molecule has 0 aromatic carbocycles. The predicted octanol–water partition coefficient (Wildman–Crippen LogP) is 1.32. The number of halogens is 1. The second kappa shape index (κ2) is 77.1. The van der Waals surface area contributed by atoms with E-state index < -0.39 is 11.7 Å². The first kappa shape index (κ1) is 91.9. The summed E-state index contributed by atoms with van der Waals surface area (Å²) >= 11 is 0. The quantitative estimate of drug-likeness (QED) is 0.469. The highest BCUT2D eigenvalue weighted by molar-refractivity contribution is 5.97. The van der Waals surface area contributed by atoms with E-state index in [1.807, 2.05) is 0 Å². The molecule has 0 radical (unpaired) electrons. The SMILES string of the molecule is CC#CC#CC#CC#CC#CC#CC#CC#CC#CC#CC#CC#CC#CC#CC#CC#CC#CC#CC#CC#CC#CC#CC#CC#CC#CC#CC#CC#CC#CC#CC#CC#CC#CC#CC#CC#CC#CC#CC#CC#CC#CC#CC#CC#CC#CC#CC#CC#CC#CC.COc1ncc(F)c(-c2cnn(C)c2C(N)=O)n1. The van der Waals surface area contributed by atoms with Crippen LogP contribution in [0.2, 0.25) is 0 Å². The Morgan fingerprint density at radius 3 is 0.517 bits per heavy atom. The van der Waals surface area contributed by atoms with Gasteiger partial charge in [0.2, 0.25) is 0 Å². The summed E-state index contributed by atoms with van der Waals surface area (Å²) in [5, 5.41) is 3.86. The van der Waals surface area contributed by atoms with Crippen LogP contribution in [0, 0.1) is 586 Å². The fourth-order valence-electron chi connectivity index (χ4n) is 4.60. The molecule has 2 heterocycles. The molecule has 0 aliphatic carbocycles. The Bertz CT molecular complexity index is 7740. The number of primary amides is 1. The van der Waals surface area contributed by atoms with Gasteiger partial charge in [-0.3, -0.25) is 9.48 Å². The third-order valence-corrected chi connectivity index (χ3v) is 8.52. The maximum Gasteiger partial charge on any atom is 0.316 e. The summed E-state index contributed by atoms with van der Waals surface area (Å²) in [5.74, 6) is 244. The van der Waals surface area contributed by atoms with Crippen LogP contribution >= 0.6 is 0 Å². The molecule has 0 bridgehead atoms. The van der Waals surface area contributed by atoms with Crippen molar-refractivity contribution in [2.75, 3.05) is 7.11 Å². The van der Waals surface area contributed by atoms with Crippen LogP contribution in [-0.4, -0.2) is 32.8 Å². The standard InChI is InChI=1S/C100H6.C10H10FN5O2/c1-3-5-7-9-11-13-15-17-19-21-23-25-27-29-31-33-35-37-39-41-43-45-47-49-51-53-55-57-59-61-63-65-67-69-71-73-75-77-79-81-83-85-87-89-91-93-95-97-99-100-98-96-94-92-90-88-86-84-82-80-78-76-74-72-70-68-66-64-62-60-58-56-54-52-50-48-46-44-42-40-38-36-34-32-30-28-26-24-22-20-18-16-14-12-10-8-6-4-2;1-16-8(9(12)17)5(3-14-16)7-6(11)4-13-10(15-7)18-2/h1-2H3;3-4H,1-2H3,(H2,12,17). The highest BCUT2D eigenvalue weighted by Crippen LogP contribution is 2.24. The van der Waals surface area contributed by atoms with Crippen molar-refractivity contribution in [3.63, 3.8) is 0 Å². The molecule has 8 heteroatoms. The van der Waals surface area contributed by atoms with E-state index in [0.29, 0.717) is 0 Å². The molecule has 500 valence electrons. The number of carbonyl (C=O) groups is 1. The van der Waals surface area contributed by atoms with Crippen molar-refractivity contribution >= 4 is 5.91 Å². The first-order valence-electron chi connectivity index (χ1n) is 30.2. The van der Waals surface area contributed by atoms with Crippen LogP contribution in [0.4, 0.5) is 4.39 Å². The topological polar surface area (TPSA) is 95.9 Å². The molecule has 2 rings (SSSR count). The van der Waals surface area contributed by atoms with E-state index in [0.717, 1.165) is 6.20 Å². The molecule has 0 unspecified atom stereocenters. The lowest BCUT2D eigenvalue weighted by Crippen LogP contribution is -2.17. The van der Waals surface area contributed by atoms with Crippen LogP contribution in [0.25, 0.3) is 11.3 Å². The van der Waals surface area contributed by atoms with Gasteiger partial charge < -0.3 is 10.5 Å². The van der Waals surface area contributed by atoms with Gasteiger partial charge in [0.25, 0.3) is 5.91 Å². The summed E-state index contributed by atoms with van der Waals surface area (Å²) in [4.78, 5) is 18.8. The number of aryl methyl sites for hydroxylation is 1. The highest BCUT2D eigenvalue weighted by atomic mass is 19.1. The van der Waals surface area contributed by atoms with Crippen molar-refractivity contribution in [1.82, 2.24) is 19.7 Å². The van der Waals surface area contributed by atoms with E-state index in [2.05, 4.69) is 595 Å². The lowest BCUT2D eigenvalue weighted by Gasteiger charge is -2.04. The smallest absolute Gasteiger partial charge is 0.316 e. The molecule has 7 nitrogen and oxygen atoms in total. The molecular weight excluding hydrogens is 1440 g/mol. The van der Waals surface area contributed by atoms with E-state index in [1.54, 1.807) is 13.8 Å². The molecule has 0 saturated heterocycles. The second-order valence-corrected chi connectivity index (χ2v) is 15.9. The third kappa shape index (κ3) is 64.1. The minimum absolute atomic E-state index is 0.00864. The predicted molar refractivity (Wildman–Crippen MR) is 452 cm³/mol.